The van der Waals surface area contributed by atoms with Crippen LogP contribution in [-0.4, -0.2) is 37.5 Å². The zero-order chi connectivity index (χ0) is 24.2. The number of halogens is 1. The minimum atomic E-state index is -0.299. The molecule has 0 saturated carbocycles. The number of thioether (sulfide) groups is 1. The van der Waals surface area contributed by atoms with E-state index in [1.807, 2.05) is 36.4 Å². The fourth-order valence-corrected chi connectivity index (χ4v) is 3.74. The van der Waals surface area contributed by atoms with Gasteiger partial charge in [-0.25, -0.2) is 5.43 Å². The minimum Gasteiger partial charge on any atom is -0.495 e. The number of hydrogen-bond donors (Lipinski definition) is 2. The standard InChI is InChI=1S/C25H24ClN3O4S/c1-32-23-5-3-2-4-22(23)28-25(31)17-33-20-10-6-18(7-11-20)16-27-29-24(30)14-15-34-21-12-8-19(26)9-13-21/h2-13,16H,14-15,17H2,1H3,(H,28,31)(H,29,30)/b27-16+. The van der Waals surface area contributed by atoms with Crippen molar-refractivity contribution in [2.45, 2.75) is 11.3 Å². The van der Waals surface area contributed by atoms with Gasteiger partial charge in [0.2, 0.25) is 5.91 Å². The molecule has 3 aromatic rings. The van der Waals surface area contributed by atoms with Crippen LogP contribution in [0.25, 0.3) is 0 Å². The monoisotopic (exact) mass is 497 g/mol. The van der Waals surface area contributed by atoms with Gasteiger partial charge in [0.25, 0.3) is 5.91 Å². The molecule has 0 unspecified atom stereocenters. The SMILES string of the molecule is COc1ccccc1NC(=O)COc1ccc(/C=N/NC(=O)CCSc2ccc(Cl)cc2)cc1. The Morgan fingerprint density at radius 1 is 1.00 bits per heavy atom. The molecule has 0 aromatic heterocycles. The van der Waals surface area contributed by atoms with E-state index in [0.717, 1.165) is 10.5 Å². The summed E-state index contributed by atoms with van der Waals surface area (Å²) in [5, 5.41) is 7.41. The summed E-state index contributed by atoms with van der Waals surface area (Å²) in [6, 6.07) is 21.6. The summed E-state index contributed by atoms with van der Waals surface area (Å²) < 4.78 is 10.7. The summed E-state index contributed by atoms with van der Waals surface area (Å²) >= 11 is 7.44. The number of benzene rings is 3. The second-order valence-corrected chi connectivity index (χ2v) is 8.56. The van der Waals surface area contributed by atoms with E-state index in [1.165, 1.54) is 0 Å². The molecule has 0 aliphatic rings. The van der Waals surface area contributed by atoms with E-state index >= 15 is 0 Å². The third-order valence-electron chi connectivity index (χ3n) is 4.45. The molecule has 0 fully saturated rings. The Morgan fingerprint density at radius 2 is 1.74 bits per heavy atom. The summed E-state index contributed by atoms with van der Waals surface area (Å²) in [5.74, 6) is 1.29. The number of carbonyl (C=O) groups excluding carboxylic acids is 2. The molecule has 7 nitrogen and oxygen atoms in total. The van der Waals surface area contributed by atoms with Crippen molar-refractivity contribution < 1.29 is 19.1 Å². The van der Waals surface area contributed by atoms with Crippen LogP contribution in [0.3, 0.4) is 0 Å². The maximum absolute atomic E-state index is 12.1. The summed E-state index contributed by atoms with van der Waals surface area (Å²) in [5.41, 5.74) is 3.87. The van der Waals surface area contributed by atoms with Gasteiger partial charge in [0, 0.05) is 22.1 Å². The first-order valence-corrected chi connectivity index (χ1v) is 11.8. The first kappa shape index (κ1) is 25.1. The Morgan fingerprint density at radius 3 is 2.47 bits per heavy atom. The van der Waals surface area contributed by atoms with E-state index in [1.54, 1.807) is 61.5 Å². The Kier molecular flexibility index (Phi) is 9.81. The summed E-state index contributed by atoms with van der Waals surface area (Å²) in [6.07, 6.45) is 1.89. The number of para-hydroxylation sites is 2. The van der Waals surface area contributed by atoms with E-state index in [9.17, 15) is 9.59 Å². The minimum absolute atomic E-state index is 0.143. The number of rotatable bonds is 11. The van der Waals surface area contributed by atoms with Crippen molar-refractivity contribution in [3.8, 4) is 11.5 Å². The number of methoxy groups -OCH3 is 1. The van der Waals surface area contributed by atoms with Gasteiger partial charge in [-0.15, -0.1) is 11.8 Å². The highest BCUT2D eigenvalue weighted by atomic mass is 35.5. The van der Waals surface area contributed by atoms with E-state index in [2.05, 4.69) is 15.8 Å². The molecular formula is C25H24ClN3O4S. The Hall–Kier alpha value is -3.49. The van der Waals surface area contributed by atoms with Crippen molar-refractivity contribution in [3.63, 3.8) is 0 Å². The molecule has 34 heavy (non-hydrogen) atoms. The molecule has 0 spiro atoms. The Bertz CT molecular complexity index is 1120. The predicted octanol–water partition coefficient (Wildman–Crippen LogP) is 5.00. The summed E-state index contributed by atoms with van der Waals surface area (Å²) in [4.78, 5) is 25.1. The first-order valence-electron chi connectivity index (χ1n) is 10.4. The van der Waals surface area contributed by atoms with Gasteiger partial charge >= 0.3 is 0 Å². The molecule has 0 radical (unpaired) electrons. The average molecular weight is 498 g/mol. The number of carbonyl (C=O) groups is 2. The van der Waals surface area contributed by atoms with Crippen molar-refractivity contribution in [1.29, 1.82) is 0 Å². The zero-order valence-corrected chi connectivity index (χ0v) is 20.1. The van der Waals surface area contributed by atoms with Gasteiger partial charge in [0.05, 0.1) is 19.0 Å². The number of hydrogen-bond acceptors (Lipinski definition) is 6. The molecule has 0 aliphatic carbocycles. The molecule has 0 atom stereocenters. The number of ether oxygens (including phenoxy) is 2. The predicted molar refractivity (Wildman–Crippen MR) is 136 cm³/mol. The highest BCUT2D eigenvalue weighted by Gasteiger charge is 2.08. The van der Waals surface area contributed by atoms with Gasteiger partial charge in [-0.1, -0.05) is 23.7 Å². The lowest BCUT2D eigenvalue weighted by Gasteiger charge is -2.10. The Balaban J connectivity index is 1.37. The van der Waals surface area contributed by atoms with Crippen LogP contribution in [0.5, 0.6) is 11.5 Å². The van der Waals surface area contributed by atoms with Crippen LogP contribution in [0.1, 0.15) is 12.0 Å². The molecule has 3 rings (SSSR count). The summed E-state index contributed by atoms with van der Waals surface area (Å²) in [7, 11) is 1.54. The second-order valence-electron chi connectivity index (χ2n) is 6.95. The molecule has 0 bridgehead atoms. The van der Waals surface area contributed by atoms with Gasteiger partial charge in [-0.05, 0) is 66.2 Å². The number of hydrazone groups is 1. The van der Waals surface area contributed by atoms with Crippen LogP contribution in [0, 0.1) is 0 Å². The van der Waals surface area contributed by atoms with Gasteiger partial charge in [-0.2, -0.15) is 5.10 Å². The van der Waals surface area contributed by atoms with Crippen molar-refractivity contribution in [1.82, 2.24) is 5.43 Å². The van der Waals surface area contributed by atoms with Gasteiger partial charge in [-0.3, -0.25) is 9.59 Å². The van der Waals surface area contributed by atoms with Gasteiger partial charge in [0.1, 0.15) is 11.5 Å². The number of nitrogens with zero attached hydrogens (tertiary/aromatic N) is 1. The first-order chi connectivity index (χ1) is 16.5. The topological polar surface area (TPSA) is 89.0 Å². The molecule has 0 saturated heterocycles. The fraction of sp³-hybridized carbons (Fsp3) is 0.160. The third kappa shape index (κ3) is 8.46. The highest BCUT2D eigenvalue weighted by molar-refractivity contribution is 7.99. The van der Waals surface area contributed by atoms with Crippen molar-refractivity contribution in [2.75, 3.05) is 24.8 Å². The Labute approximate surface area is 207 Å². The molecular weight excluding hydrogens is 474 g/mol. The average Bonchev–Trinajstić information content (AvgIpc) is 2.85. The quantitative estimate of drug-likeness (QED) is 0.221. The van der Waals surface area contributed by atoms with Crippen LogP contribution in [-0.2, 0) is 9.59 Å². The van der Waals surface area contributed by atoms with Crippen molar-refractivity contribution in [3.05, 3.63) is 83.4 Å². The van der Waals surface area contributed by atoms with Crippen molar-refractivity contribution in [2.24, 2.45) is 5.10 Å². The van der Waals surface area contributed by atoms with Crippen molar-refractivity contribution >= 4 is 47.1 Å². The van der Waals surface area contributed by atoms with Gasteiger partial charge < -0.3 is 14.8 Å². The molecule has 3 aromatic carbocycles. The molecule has 2 amide bonds. The van der Waals surface area contributed by atoms with E-state index in [-0.39, 0.29) is 18.4 Å². The number of anilines is 1. The molecule has 176 valence electrons. The van der Waals surface area contributed by atoms with Crippen LogP contribution in [0.15, 0.2) is 82.8 Å². The summed E-state index contributed by atoms with van der Waals surface area (Å²) in [6.45, 7) is -0.143. The zero-order valence-electron chi connectivity index (χ0n) is 18.5. The van der Waals surface area contributed by atoms with E-state index in [0.29, 0.717) is 34.4 Å². The lowest BCUT2D eigenvalue weighted by atomic mass is 10.2. The molecule has 9 heteroatoms. The highest BCUT2D eigenvalue weighted by Crippen LogP contribution is 2.23. The molecule has 0 aliphatic heterocycles. The molecule has 2 N–H and O–H groups in total. The maximum atomic E-state index is 12.1. The smallest absolute Gasteiger partial charge is 0.262 e. The van der Waals surface area contributed by atoms with Gasteiger partial charge in [0.15, 0.2) is 6.61 Å². The van der Waals surface area contributed by atoms with Crippen LogP contribution < -0.4 is 20.2 Å². The fourth-order valence-electron chi connectivity index (χ4n) is 2.76. The van der Waals surface area contributed by atoms with Crippen LogP contribution in [0.4, 0.5) is 5.69 Å². The number of nitrogens with one attached hydrogen (secondary N) is 2. The van der Waals surface area contributed by atoms with Crippen LogP contribution in [0.2, 0.25) is 5.02 Å². The third-order valence-corrected chi connectivity index (χ3v) is 5.71. The maximum Gasteiger partial charge on any atom is 0.262 e. The number of amides is 2. The lowest BCUT2D eigenvalue weighted by Crippen LogP contribution is -2.20. The van der Waals surface area contributed by atoms with E-state index in [4.69, 9.17) is 21.1 Å². The van der Waals surface area contributed by atoms with Crippen LogP contribution >= 0.6 is 23.4 Å². The largest absolute Gasteiger partial charge is 0.495 e. The normalized spacial score (nSPS) is 10.6. The lowest BCUT2D eigenvalue weighted by molar-refractivity contribution is -0.120. The molecule has 0 heterocycles. The second kappa shape index (κ2) is 13.3. The van der Waals surface area contributed by atoms with E-state index < -0.39 is 0 Å².